The molecule has 0 spiro atoms. The van der Waals surface area contributed by atoms with Crippen LogP contribution in [0.1, 0.15) is 11.4 Å². The first-order chi connectivity index (χ1) is 10.0. The van der Waals surface area contributed by atoms with Crippen molar-refractivity contribution in [2.75, 3.05) is 27.2 Å². The van der Waals surface area contributed by atoms with Crippen LogP contribution >= 0.6 is 11.3 Å². The molecule has 2 aromatic heterocycles. The number of hydrogen-bond donors (Lipinski definition) is 0. The zero-order valence-electron chi connectivity index (χ0n) is 12.6. The van der Waals surface area contributed by atoms with Crippen LogP contribution in [0.25, 0.3) is 4.96 Å². The van der Waals surface area contributed by atoms with Crippen LogP contribution in [0.5, 0.6) is 0 Å². The van der Waals surface area contributed by atoms with Crippen LogP contribution in [0.15, 0.2) is 16.2 Å². The zero-order chi connectivity index (χ0) is 14.7. The lowest BCUT2D eigenvalue weighted by Crippen LogP contribution is -2.31. The summed E-state index contributed by atoms with van der Waals surface area (Å²) >= 11 is 1.54. The van der Waals surface area contributed by atoms with Crippen molar-refractivity contribution >= 4 is 16.3 Å². The molecule has 3 atom stereocenters. The number of hydrogen-bond acceptors (Lipinski definition) is 5. The molecule has 2 aromatic rings. The Kier molecular flexibility index (Phi) is 2.96. The zero-order valence-corrected chi connectivity index (χ0v) is 13.4. The maximum Gasteiger partial charge on any atom is 0.259 e. The van der Waals surface area contributed by atoms with E-state index in [1.807, 2.05) is 12.3 Å². The van der Waals surface area contributed by atoms with Gasteiger partial charge in [-0.1, -0.05) is 0 Å². The molecule has 2 aliphatic rings. The third kappa shape index (κ3) is 2.13. The average Bonchev–Trinajstić information content (AvgIpc) is 2.75. The van der Waals surface area contributed by atoms with Crippen molar-refractivity contribution in [1.82, 2.24) is 19.2 Å². The third-order valence-electron chi connectivity index (χ3n) is 4.83. The number of aryl methyl sites for hydroxylation is 1. The topological polar surface area (TPSA) is 40.9 Å². The Morgan fingerprint density at radius 1 is 1.38 bits per heavy atom. The summed E-state index contributed by atoms with van der Waals surface area (Å²) in [7, 11) is 4.34. The van der Waals surface area contributed by atoms with Crippen LogP contribution in [0.4, 0.5) is 0 Å². The number of fused-ring (bicyclic) bond motifs is 2. The summed E-state index contributed by atoms with van der Waals surface area (Å²) in [5.74, 6) is 1.63. The van der Waals surface area contributed by atoms with Gasteiger partial charge < -0.3 is 4.90 Å². The summed E-state index contributed by atoms with van der Waals surface area (Å²) < 4.78 is 1.69. The highest BCUT2D eigenvalue weighted by Crippen LogP contribution is 2.48. The Morgan fingerprint density at radius 2 is 2.10 bits per heavy atom. The molecule has 6 heteroatoms. The Balaban J connectivity index is 1.51. The van der Waals surface area contributed by atoms with Gasteiger partial charge in [0.1, 0.15) is 0 Å². The smallest absolute Gasteiger partial charge is 0.259 e. The minimum absolute atomic E-state index is 0.0456. The van der Waals surface area contributed by atoms with Gasteiger partial charge in [0, 0.05) is 42.8 Å². The maximum absolute atomic E-state index is 12.2. The van der Waals surface area contributed by atoms with E-state index < -0.39 is 0 Å². The van der Waals surface area contributed by atoms with Crippen molar-refractivity contribution < 1.29 is 0 Å². The number of nitrogens with zero attached hydrogens (tertiary/aromatic N) is 4. The van der Waals surface area contributed by atoms with Crippen molar-refractivity contribution in [3.05, 3.63) is 33.2 Å². The highest BCUT2D eigenvalue weighted by molar-refractivity contribution is 7.15. The fourth-order valence-electron chi connectivity index (χ4n) is 3.89. The molecule has 0 radical (unpaired) electrons. The predicted molar refractivity (Wildman–Crippen MR) is 83.8 cm³/mol. The quantitative estimate of drug-likeness (QED) is 0.850. The van der Waals surface area contributed by atoms with Crippen LogP contribution in [0.3, 0.4) is 0 Å². The van der Waals surface area contributed by atoms with E-state index in [2.05, 4.69) is 28.9 Å². The van der Waals surface area contributed by atoms with Crippen molar-refractivity contribution in [2.24, 2.45) is 11.8 Å². The van der Waals surface area contributed by atoms with Crippen LogP contribution < -0.4 is 5.56 Å². The maximum atomic E-state index is 12.2. The van der Waals surface area contributed by atoms with E-state index >= 15 is 0 Å². The Bertz CT molecular complexity index is 738. The first-order valence-electron chi connectivity index (χ1n) is 7.40. The lowest BCUT2D eigenvalue weighted by molar-refractivity contribution is 0.242. The van der Waals surface area contributed by atoms with E-state index in [9.17, 15) is 4.79 Å². The number of aromatic nitrogens is 2. The Hall–Kier alpha value is -1.24. The molecule has 0 aromatic carbocycles. The molecule has 1 aliphatic carbocycles. The minimum Gasteiger partial charge on any atom is -0.306 e. The summed E-state index contributed by atoms with van der Waals surface area (Å²) in [5.41, 5.74) is 1.92. The van der Waals surface area contributed by atoms with E-state index in [0.29, 0.717) is 0 Å². The fourth-order valence-corrected chi connectivity index (χ4v) is 4.78. The van der Waals surface area contributed by atoms with Gasteiger partial charge in [0.15, 0.2) is 4.96 Å². The lowest BCUT2D eigenvalue weighted by Gasteiger charge is -2.21. The minimum atomic E-state index is 0.0456. The second-order valence-electron chi connectivity index (χ2n) is 6.56. The molecule has 0 N–H and O–H groups in total. The summed E-state index contributed by atoms with van der Waals surface area (Å²) in [6.07, 6.45) is 0. The standard InChI is InChI=1S/C15H20N4OS/c1-9-8-21-15-16-10(4-13(20)19(9)15)5-18-6-11-12(7-18)14(11)17(2)3/h4,8,11-12,14H,5-7H2,1-3H3/t11-,12+,14?. The number of thiazole rings is 1. The first-order valence-corrected chi connectivity index (χ1v) is 8.28. The van der Waals surface area contributed by atoms with Crippen molar-refractivity contribution in [2.45, 2.75) is 19.5 Å². The van der Waals surface area contributed by atoms with E-state index in [0.717, 1.165) is 53.9 Å². The molecule has 1 aliphatic heterocycles. The largest absolute Gasteiger partial charge is 0.306 e. The van der Waals surface area contributed by atoms with Gasteiger partial charge in [0.2, 0.25) is 0 Å². The van der Waals surface area contributed by atoms with Gasteiger partial charge >= 0.3 is 0 Å². The molecule has 5 nitrogen and oxygen atoms in total. The normalized spacial score (nSPS) is 28.5. The second kappa shape index (κ2) is 4.63. The lowest BCUT2D eigenvalue weighted by atomic mass is 10.3. The molecule has 0 amide bonds. The molecule has 1 saturated heterocycles. The molecule has 1 saturated carbocycles. The number of rotatable bonds is 3. The first kappa shape index (κ1) is 13.4. The van der Waals surface area contributed by atoms with E-state index in [4.69, 9.17) is 0 Å². The highest BCUT2D eigenvalue weighted by Gasteiger charge is 2.56. The van der Waals surface area contributed by atoms with Gasteiger partial charge in [-0.2, -0.15) is 0 Å². The molecular formula is C15H20N4OS. The number of likely N-dealkylation sites (tertiary alicyclic amines) is 1. The summed E-state index contributed by atoms with van der Waals surface area (Å²) in [6.45, 7) is 5.02. The van der Waals surface area contributed by atoms with Gasteiger partial charge in [-0.3, -0.25) is 14.1 Å². The van der Waals surface area contributed by atoms with Gasteiger partial charge in [0.25, 0.3) is 5.56 Å². The summed E-state index contributed by atoms with van der Waals surface area (Å²) in [4.78, 5) is 22.4. The SMILES string of the molecule is Cc1csc2nc(CN3C[C@@H]4C(N(C)C)[C@@H]4C3)cc(=O)n12. The molecule has 2 fully saturated rings. The van der Waals surface area contributed by atoms with E-state index in [1.54, 1.807) is 21.8 Å². The van der Waals surface area contributed by atoms with Crippen LogP contribution in [-0.4, -0.2) is 52.4 Å². The second-order valence-corrected chi connectivity index (χ2v) is 7.39. The monoisotopic (exact) mass is 304 g/mol. The van der Waals surface area contributed by atoms with Crippen LogP contribution in [0.2, 0.25) is 0 Å². The van der Waals surface area contributed by atoms with Gasteiger partial charge in [-0.25, -0.2) is 4.98 Å². The van der Waals surface area contributed by atoms with Crippen molar-refractivity contribution in [3.8, 4) is 0 Å². The van der Waals surface area contributed by atoms with Crippen LogP contribution in [0, 0.1) is 18.8 Å². The van der Waals surface area contributed by atoms with E-state index in [1.165, 1.54) is 0 Å². The molecule has 112 valence electrons. The van der Waals surface area contributed by atoms with Gasteiger partial charge in [0.05, 0.1) is 5.69 Å². The summed E-state index contributed by atoms with van der Waals surface area (Å²) in [6, 6.07) is 2.46. The van der Waals surface area contributed by atoms with Crippen molar-refractivity contribution in [1.29, 1.82) is 0 Å². The molecule has 0 bridgehead atoms. The molecule has 1 unspecified atom stereocenters. The molecule has 3 heterocycles. The predicted octanol–water partition coefficient (Wildman–Crippen LogP) is 1.06. The molecule has 4 rings (SSSR count). The summed E-state index contributed by atoms with van der Waals surface area (Å²) in [5, 5.41) is 1.99. The molecule has 21 heavy (non-hydrogen) atoms. The Morgan fingerprint density at radius 3 is 2.76 bits per heavy atom. The highest BCUT2D eigenvalue weighted by atomic mass is 32.1. The van der Waals surface area contributed by atoms with Crippen LogP contribution in [-0.2, 0) is 6.54 Å². The van der Waals surface area contributed by atoms with Crippen molar-refractivity contribution in [3.63, 3.8) is 0 Å². The average molecular weight is 304 g/mol. The van der Waals surface area contributed by atoms with E-state index in [-0.39, 0.29) is 5.56 Å². The Labute approximate surface area is 127 Å². The molecular weight excluding hydrogens is 284 g/mol. The number of piperidine rings is 1. The van der Waals surface area contributed by atoms with Gasteiger partial charge in [-0.15, -0.1) is 11.3 Å². The fraction of sp³-hybridized carbons (Fsp3) is 0.600. The third-order valence-corrected chi connectivity index (χ3v) is 5.78. The van der Waals surface area contributed by atoms with Gasteiger partial charge in [-0.05, 0) is 32.9 Å².